The van der Waals surface area contributed by atoms with Crippen molar-refractivity contribution in [2.75, 3.05) is 25.0 Å². The Balaban J connectivity index is 1.68. The lowest BCUT2D eigenvalue weighted by Crippen LogP contribution is -2.25. The number of ether oxygens (including phenoxy) is 1. The molecular weight excluding hydrogens is 417 g/mol. The lowest BCUT2D eigenvalue weighted by atomic mass is 10.0. The molecule has 3 aromatic rings. The van der Waals surface area contributed by atoms with Crippen molar-refractivity contribution in [2.45, 2.75) is 24.7 Å². The van der Waals surface area contributed by atoms with Gasteiger partial charge in [0.1, 0.15) is 12.4 Å². The third-order valence-corrected chi connectivity index (χ3v) is 6.61. The molecule has 0 bridgehead atoms. The van der Waals surface area contributed by atoms with Crippen molar-refractivity contribution in [1.82, 2.24) is 9.71 Å². The Hall–Kier alpha value is -2.97. The zero-order valence-corrected chi connectivity index (χ0v) is 18.0. The molecule has 8 heteroatoms. The first-order valence-corrected chi connectivity index (χ1v) is 11.7. The van der Waals surface area contributed by atoms with E-state index in [1.165, 1.54) is 12.1 Å². The minimum atomic E-state index is -3.70. The van der Waals surface area contributed by atoms with Crippen LogP contribution in [0.4, 0.5) is 10.2 Å². The lowest BCUT2D eigenvalue weighted by Gasteiger charge is -2.18. The van der Waals surface area contributed by atoms with Gasteiger partial charge in [0.15, 0.2) is 11.6 Å². The molecule has 4 rings (SSSR count). The molecule has 0 saturated heterocycles. The average Bonchev–Trinajstić information content (AvgIpc) is 2.79. The van der Waals surface area contributed by atoms with E-state index in [0.717, 1.165) is 12.8 Å². The van der Waals surface area contributed by atoms with Gasteiger partial charge in [0, 0.05) is 29.4 Å². The number of rotatable bonds is 7. The first-order valence-electron chi connectivity index (χ1n) is 10.3. The number of aromatic nitrogens is 1. The number of anilines is 1. The standard InChI is InChI=1S/C23H24FN3O3S/c1-2-3-10-27-31(28,29)22-7-5-4-6-19(22)16-8-9-18(20(24)13-16)17-14-21-23(26-15-17)25-11-12-30-21/h4-9,13-15,27H,2-3,10-12H2,1H3,(H,25,26). The lowest BCUT2D eigenvalue weighted by molar-refractivity contribution is 0.321. The molecule has 31 heavy (non-hydrogen) atoms. The molecule has 0 spiro atoms. The van der Waals surface area contributed by atoms with Gasteiger partial charge in [-0.15, -0.1) is 0 Å². The summed E-state index contributed by atoms with van der Waals surface area (Å²) in [5.74, 6) is 0.762. The van der Waals surface area contributed by atoms with Gasteiger partial charge < -0.3 is 10.1 Å². The summed E-state index contributed by atoms with van der Waals surface area (Å²) in [7, 11) is -3.70. The Morgan fingerprint density at radius 3 is 2.77 bits per heavy atom. The molecule has 0 radical (unpaired) electrons. The van der Waals surface area contributed by atoms with Crippen molar-refractivity contribution in [1.29, 1.82) is 0 Å². The zero-order valence-electron chi connectivity index (χ0n) is 17.2. The van der Waals surface area contributed by atoms with Gasteiger partial charge >= 0.3 is 0 Å². The fraction of sp³-hybridized carbons (Fsp3) is 0.261. The summed E-state index contributed by atoms with van der Waals surface area (Å²) in [6.45, 7) is 3.56. The summed E-state index contributed by atoms with van der Waals surface area (Å²) in [5.41, 5.74) is 1.90. The zero-order chi connectivity index (χ0) is 21.8. The SMILES string of the molecule is CCCCNS(=O)(=O)c1ccccc1-c1ccc(-c2cnc3c(c2)OCCN3)c(F)c1. The predicted octanol–water partition coefficient (Wildman–Crippen LogP) is 4.44. The van der Waals surface area contributed by atoms with E-state index in [4.69, 9.17) is 4.74 Å². The molecule has 0 aliphatic carbocycles. The predicted molar refractivity (Wildman–Crippen MR) is 119 cm³/mol. The molecule has 0 saturated carbocycles. The molecule has 0 unspecified atom stereocenters. The normalized spacial score (nSPS) is 13.2. The van der Waals surface area contributed by atoms with Gasteiger partial charge in [-0.2, -0.15) is 0 Å². The molecule has 1 aliphatic rings. The van der Waals surface area contributed by atoms with Gasteiger partial charge in [0.05, 0.1) is 11.4 Å². The Labute approximate surface area is 181 Å². The van der Waals surface area contributed by atoms with E-state index in [9.17, 15) is 8.42 Å². The first-order chi connectivity index (χ1) is 15.0. The number of halogens is 1. The number of hydrogen-bond acceptors (Lipinski definition) is 5. The summed E-state index contributed by atoms with van der Waals surface area (Å²) >= 11 is 0. The van der Waals surface area contributed by atoms with E-state index >= 15 is 4.39 Å². The number of nitrogens with zero attached hydrogens (tertiary/aromatic N) is 1. The number of benzene rings is 2. The number of fused-ring (bicyclic) bond motifs is 1. The van der Waals surface area contributed by atoms with E-state index < -0.39 is 15.8 Å². The molecular formula is C23H24FN3O3S. The highest BCUT2D eigenvalue weighted by atomic mass is 32.2. The Bertz CT molecular complexity index is 1200. The summed E-state index contributed by atoms with van der Waals surface area (Å²) in [6.07, 6.45) is 3.23. The monoisotopic (exact) mass is 441 g/mol. The molecule has 1 aromatic heterocycles. The minimum Gasteiger partial charge on any atom is -0.488 e. The fourth-order valence-corrected chi connectivity index (χ4v) is 4.78. The topological polar surface area (TPSA) is 80.3 Å². The highest BCUT2D eigenvalue weighted by Crippen LogP contribution is 2.34. The second-order valence-corrected chi connectivity index (χ2v) is 9.02. The molecule has 162 valence electrons. The van der Waals surface area contributed by atoms with Crippen LogP contribution < -0.4 is 14.8 Å². The molecule has 0 atom stereocenters. The molecule has 6 nitrogen and oxygen atoms in total. The maximum Gasteiger partial charge on any atom is 0.241 e. The van der Waals surface area contributed by atoms with Crippen LogP contribution in [0, 0.1) is 5.82 Å². The minimum absolute atomic E-state index is 0.133. The maximum absolute atomic E-state index is 15.1. The van der Waals surface area contributed by atoms with E-state index in [2.05, 4.69) is 15.0 Å². The number of nitrogens with one attached hydrogen (secondary N) is 2. The van der Waals surface area contributed by atoms with Gasteiger partial charge in [-0.25, -0.2) is 22.5 Å². The van der Waals surface area contributed by atoms with Crippen LogP contribution in [0.2, 0.25) is 0 Å². The molecule has 2 N–H and O–H groups in total. The van der Waals surface area contributed by atoms with Crippen molar-refractivity contribution in [3.05, 3.63) is 60.5 Å². The van der Waals surface area contributed by atoms with Crippen LogP contribution in [0.15, 0.2) is 59.6 Å². The van der Waals surface area contributed by atoms with Crippen molar-refractivity contribution < 1.29 is 17.5 Å². The molecule has 2 heterocycles. The number of sulfonamides is 1. The van der Waals surface area contributed by atoms with E-state index in [-0.39, 0.29) is 4.90 Å². The van der Waals surface area contributed by atoms with E-state index in [1.54, 1.807) is 42.6 Å². The molecule has 0 amide bonds. The Morgan fingerprint density at radius 2 is 1.97 bits per heavy atom. The second-order valence-electron chi connectivity index (χ2n) is 7.29. The average molecular weight is 442 g/mol. The van der Waals surface area contributed by atoms with E-state index in [1.807, 2.05) is 6.92 Å². The molecule has 2 aromatic carbocycles. The smallest absolute Gasteiger partial charge is 0.241 e. The van der Waals surface area contributed by atoms with Gasteiger partial charge in [-0.05, 0) is 30.2 Å². The summed E-state index contributed by atoms with van der Waals surface area (Å²) in [6, 6.07) is 13.1. The highest BCUT2D eigenvalue weighted by Gasteiger charge is 2.20. The fourth-order valence-electron chi connectivity index (χ4n) is 3.48. The first kappa shape index (κ1) is 21.3. The van der Waals surface area contributed by atoms with Crippen molar-refractivity contribution >= 4 is 15.8 Å². The Kier molecular flexibility index (Phi) is 6.20. The highest BCUT2D eigenvalue weighted by molar-refractivity contribution is 7.89. The van der Waals surface area contributed by atoms with Gasteiger partial charge in [0.2, 0.25) is 10.0 Å². The van der Waals surface area contributed by atoms with Crippen molar-refractivity contribution in [3.8, 4) is 28.0 Å². The van der Waals surface area contributed by atoms with Crippen LogP contribution in [-0.4, -0.2) is 33.1 Å². The summed E-state index contributed by atoms with van der Waals surface area (Å²) < 4.78 is 48.8. The summed E-state index contributed by atoms with van der Waals surface area (Å²) in [4.78, 5) is 4.44. The van der Waals surface area contributed by atoms with E-state index in [0.29, 0.717) is 53.5 Å². The third kappa shape index (κ3) is 4.55. The van der Waals surface area contributed by atoms with Crippen LogP contribution >= 0.6 is 0 Å². The van der Waals surface area contributed by atoms with Crippen molar-refractivity contribution in [2.24, 2.45) is 0 Å². The van der Waals surface area contributed by atoms with Crippen LogP contribution in [0.3, 0.4) is 0 Å². The van der Waals surface area contributed by atoms with Crippen LogP contribution in [0.5, 0.6) is 5.75 Å². The molecule has 0 fully saturated rings. The molecule has 1 aliphatic heterocycles. The van der Waals surface area contributed by atoms with Gasteiger partial charge in [0.25, 0.3) is 0 Å². The maximum atomic E-state index is 15.1. The Morgan fingerprint density at radius 1 is 1.13 bits per heavy atom. The van der Waals surface area contributed by atoms with Crippen LogP contribution in [0.1, 0.15) is 19.8 Å². The number of hydrogen-bond donors (Lipinski definition) is 2. The summed E-state index contributed by atoms with van der Waals surface area (Å²) in [5, 5.41) is 3.13. The second kappa shape index (κ2) is 9.03. The van der Waals surface area contributed by atoms with Crippen molar-refractivity contribution in [3.63, 3.8) is 0 Å². The largest absolute Gasteiger partial charge is 0.488 e. The quantitative estimate of drug-likeness (QED) is 0.530. The van der Waals surface area contributed by atoms with Gasteiger partial charge in [-0.1, -0.05) is 43.7 Å². The third-order valence-electron chi connectivity index (χ3n) is 5.09. The van der Waals surface area contributed by atoms with Gasteiger partial charge in [-0.3, -0.25) is 0 Å². The van der Waals surface area contributed by atoms with Crippen LogP contribution in [0.25, 0.3) is 22.3 Å². The number of pyridine rings is 1. The van der Waals surface area contributed by atoms with Crippen LogP contribution in [-0.2, 0) is 10.0 Å². The number of unbranched alkanes of at least 4 members (excludes halogenated alkanes) is 1.